The molecule has 0 N–H and O–H groups in total. The first-order valence-corrected chi connectivity index (χ1v) is 8.76. The largest absolute Gasteiger partial charge is 0.462 e. The predicted molar refractivity (Wildman–Crippen MR) is 101 cm³/mol. The molecule has 0 saturated heterocycles. The van der Waals surface area contributed by atoms with Gasteiger partial charge in [0.2, 0.25) is 0 Å². The predicted octanol–water partition coefficient (Wildman–Crippen LogP) is 3.55. The number of carbonyl (C=O) groups excluding carboxylic acids is 1. The number of anilines is 1. The molecule has 6 heteroatoms. The van der Waals surface area contributed by atoms with Crippen molar-refractivity contribution in [2.75, 3.05) is 18.2 Å². The number of carbonyl (C=O) groups is 1. The lowest BCUT2D eigenvalue weighted by molar-refractivity contribution is 0.0527. The lowest BCUT2D eigenvalue weighted by atomic mass is 10.0. The van der Waals surface area contributed by atoms with Crippen molar-refractivity contribution in [3.63, 3.8) is 0 Å². The highest BCUT2D eigenvalue weighted by Crippen LogP contribution is 2.42. The zero-order valence-electron chi connectivity index (χ0n) is 15.1. The van der Waals surface area contributed by atoms with Gasteiger partial charge in [-0.15, -0.1) is 0 Å². The van der Waals surface area contributed by atoms with Crippen molar-refractivity contribution in [1.29, 1.82) is 0 Å². The molecular weight excluding hydrogens is 328 g/mol. The van der Waals surface area contributed by atoms with Crippen molar-refractivity contribution in [1.82, 2.24) is 9.97 Å². The van der Waals surface area contributed by atoms with Gasteiger partial charge in [0.1, 0.15) is 13.0 Å². The van der Waals surface area contributed by atoms with E-state index in [0.29, 0.717) is 18.8 Å². The Bertz CT molecular complexity index is 947. The molecule has 2 aliphatic rings. The number of esters is 1. The second-order valence-electron chi connectivity index (χ2n) is 6.55. The first kappa shape index (κ1) is 16.4. The van der Waals surface area contributed by atoms with Crippen LogP contribution in [0.1, 0.15) is 36.7 Å². The van der Waals surface area contributed by atoms with Crippen LogP contribution < -0.4 is 4.90 Å². The molecule has 0 amide bonds. The Kier molecular flexibility index (Phi) is 4.03. The Labute approximate surface area is 152 Å². The molecule has 1 aromatic heterocycles. The number of hydrogen-bond acceptors (Lipinski definition) is 6. The summed E-state index contributed by atoms with van der Waals surface area (Å²) in [5.41, 5.74) is 5.96. The maximum Gasteiger partial charge on any atom is 0.340 e. The summed E-state index contributed by atoms with van der Waals surface area (Å²) in [6.07, 6.45) is 5.40. The van der Waals surface area contributed by atoms with E-state index in [0.717, 1.165) is 33.9 Å². The maximum atomic E-state index is 12.6. The van der Waals surface area contributed by atoms with E-state index in [1.807, 2.05) is 19.1 Å². The molecule has 1 aromatic carbocycles. The molecular formula is C20H20N4O2. The molecule has 2 aliphatic heterocycles. The topological polar surface area (TPSA) is 67.7 Å². The van der Waals surface area contributed by atoms with Gasteiger partial charge in [0, 0.05) is 17.3 Å². The van der Waals surface area contributed by atoms with Gasteiger partial charge >= 0.3 is 5.97 Å². The van der Waals surface area contributed by atoms with Crippen molar-refractivity contribution in [3.8, 4) is 11.3 Å². The molecule has 0 saturated carbocycles. The quantitative estimate of drug-likeness (QED) is 0.794. The SMILES string of the molecule is CCOC(=O)c1cccc2c1N1CN=C(C(C)C)C1=Cc1cncnc1-2. The van der Waals surface area contributed by atoms with Gasteiger partial charge in [-0.05, 0) is 25.0 Å². The van der Waals surface area contributed by atoms with Crippen LogP contribution in [0.5, 0.6) is 0 Å². The lowest BCUT2D eigenvalue weighted by Crippen LogP contribution is -2.24. The standard InChI is InChI=1S/C20H20N4O2/c1-4-26-20(25)15-7-5-6-14-18-13(9-21-10-22-18)8-16-17(12(2)3)23-11-24(16)19(14)15/h5-10,12H,4,11H2,1-3H3. The van der Waals surface area contributed by atoms with Crippen molar-refractivity contribution >= 4 is 23.4 Å². The molecule has 132 valence electrons. The fourth-order valence-corrected chi connectivity index (χ4v) is 3.48. The summed E-state index contributed by atoms with van der Waals surface area (Å²) in [7, 11) is 0. The summed E-state index contributed by atoms with van der Waals surface area (Å²) in [6, 6.07) is 5.64. The zero-order chi connectivity index (χ0) is 18.3. The smallest absolute Gasteiger partial charge is 0.340 e. The Hall–Kier alpha value is -3.02. The van der Waals surface area contributed by atoms with Crippen LogP contribution in [0.4, 0.5) is 5.69 Å². The van der Waals surface area contributed by atoms with Crippen LogP contribution in [0, 0.1) is 5.92 Å². The summed E-state index contributed by atoms with van der Waals surface area (Å²) >= 11 is 0. The second-order valence-corrected chi connectivity index (χ2v) is 6.55. The van der Waals surface area contributed by atoms with E-state index in [1.54, 1.807) is 12.3 Å². The Balaban J connectivity index is 1.99. The highest BCUT2D eigenvalue weighted by atomic mass is 16.5. The van der Waals surface area contributed by atoms with Crippen LogP contribution in [0.3, 0.4) is 0 Å². The minimum absolute atomic E-state index is 0.274. The molecule has 2 aromatic rings. The summed E-state index contributed by atoms with van der Waals surface area (Å²) in [5.74, 6) is -0.0603. The highest BCUT2D eigenvalue weighted by molar-refractivity contribution is 6.14. The molecule has 26 heavy (non-hydrogen) atoms. The van der Waals surface area contributed by atoms with Gasteiger partial charge in [0.15, 0.2) is 0 Å². The van der Waals surface area contributed by atoms with Gasteiger partial charge in [-0.2, -0.15) is 0 Å². The normalized spacial score (nSPS) is 14.8. The number of fused-ring (bicyclic) bond motifs is 5. The Morgan fingerprint density at radius 2 is 2.19 bits per heavy atom. The van der Waals surface area contributed by atoms with E-state index in [4.69, 9.17) is 9.73 Å². The third kappa shape index (κ3) is 2.49. The van der Waals surface area contributed by atoms with Crippen molar-refractivity contribution in [2.45, 2.75) is 20.8 Å². The molecule has 0 aliphatic carbocycles. The summed E-state index contributed by atoms with van der Waals surface area (Å²) < 4.78 is 5.29. The van der Waals surface area contributed by atoms with Gasteiger partial charge in [0.05, 0.1) is 35.0 Å². The van der Waals surface area contributed by atoms with Crippen LogP contribution in [-0.4, -0.2) is 34.9 Å². The first-order valence-electron chi connectivity index (χ1n) is 8.76. The number of allylic oxidation sites excluding steroid dienone is 1. The number of para-hydroxylation sites is 1. The summed E-state index contributed by atoms with van der Waals surface area (Å²) in [5, 5.41) is 0. The van der Waals surface area contributed by atoms with E-state index in [-0.39, 0.29) is 11.9 Å². The molecule has 6 nitrogen and oxygen atoms in total. The number of aromatic nitrogens is 2. The van der Waals surface area contributed by atoms with Gasteiger partial charge in [0.25, 0.3) is 0 Å². The van der Waals surface area contributed by atoms with Crippen molar-refractivity contribution < 1.29 is 9.53 Å². The van der Waals surface area contributed by atoms with Crippen LogP contribution in [0.2, 0.25) is 0 Å². The lowest BCUT2D eigenvalue weighted by Gasteiger charge is -2.24. The zero-order valence-corrected chi connectivity index (χ0v) is 15.1. The number of ether oxygens (including phenoxy) is 1. The number of rotatable bonds is 3. The summed E-state index contributed by atoms with van der Waals surface area (Å²) in [4.78, 5) is 28.1. The molecule has 0 bridgehead atoms. The third-order valence-corrected chi connectivity index (χ3v) is 4.57. The number of benzene rings is 1. The van der Waals surface area contributed by atoms with Gasteiger partial charge < -0.3 is 9.64 Å². The average Bonchev–Trinajstić information content (AvgIpc) is 2.99. The number of aliphatic imine (C=N–C) groups is 1. The third-order valence-electron chi connectivity index (χ3n) is 4.57. The molecule has 0 fully saturated rings. The monoisotopic (exact) mass is 348 g/mol. The van der Waals surface area contributed by atoms with Crippen LogP contribution in [0.25, 0.3) is 17.3 Å². The highest BCUT2D eigenvalue weighted by Gasteiger charge is 2.33. The van der Waals surface area contributed by atoms with E-state index < -0.39 is 0 Å². The van der Waals surface area contributed by atoms with Crippen molar-refractivity contribution in [3.05, 3.63) is 47.5 Å². The second kappa shape index (κ2) is 6.37. The minimum atomic E-state index is -0.334. The first-order chi connectivity index (χ1) is 12.6. The fraction of sp³-hybridized carbons (Fsp3) is 0.300. The van der Waals surface area contributed by atoms with E-state index in [9.17, 15) is 4.79 Å². The molecule has 3 heterocycles. The number of nitrogens with zero attached hydrogens (tertiary/aromatic N) is 4. The number of hydrogen-bond donors (Lipinski definition) is 0. The summed E-state index contributed by atoms with van der Waals surface area (Å²) in [6.45, 7) is 6.86. The van der Waals surface area contributed by atoms with E-state index in [2.05, 4.69) is 34.8 Å². The molecule has 0 unspecified atom stereocenters. The van der Waals surface area contributed by atoms with E-state index >= 15 is 0 Å². The minimum Gasteiger partial charge on any atom is -0.462 e. The fourth-order valence-electron chi connectivity index (χ4n) is 3.48. The Morgan fingerprint density at radius 1 is 1.35 bits per heavy atom. The molecule has 0 atom stereocenters. The Morgan fingerprint density at radius 3 is 2.96 bits per heavy atom. The van der Waals surface area contributed by atoms with Crippen LogP contribution in [0.15, 0.2) is 41.4 Å². The maximum absolute atomic E-state index is 12.6. The van der Waals surface area contributed by atoms with Gasteiger partial charge in [-0.25, -0.2) is 14.8 Å². The van der Waals surface area contributed by atoms with E-state index in [1.165, 1.54) is 6.33 Å². The molecule has 0 spiro atoms. The molecule has 0 radical (unpaired) electrons. The van der Waals surface area contributed by atoms with Gasteiger partial charge in [-0.1, -0.05) is 26.0 Å². The van der Waals surface area contributed by atoms with Crippen molar-refractivity contribution in [2.24, 2.45) is 10.9 Å². The average molecular weight is 348 g/mol. The van der Waals surface area contributed by atoms with Crippen LogP contribution in [-0.2, 0) is 4.74 Å². The molecule has 4 rings (SSSR count). The van der Waals surface area contributed by atoms with Crippen LogP contribution >= 0.6 is 0 Å². The van der Waals surface area contributed by atoms with Gasteiger partial charge in [-0.3, -0.25) is 4.99 Å².